The second kappa shape index (κ2) is 7.26. The average Bonchev–Trinajstić information content (AvgIpc) is 2.99. The molecule has 136 valence electrons. The molecule has 1 aliphatic heterocycles. The fraction of sp³-hybridized carbons (Fsp3) is 0.391. The van der Waals surface area contributed by atoms with Gasteiger partial charge in [-0.1, -0.05) is 29.8 Å². The number of hydrogen-bond donors (Lipinski definition) is 1. The molecule has 2 aromatic carbocycles. The summed E-state index contributed by atoms with van der Waals surface area (Å²) < 4.78 is 2.42. The summed E-state index contributed by atoms with van der Waals surface area (Å²) in [5, 5.41) is 6.21. The van der Waals surface area contributed by atoms with Crippen molar-refractivity contribution in [2.45, 2.75) is 32.9 Å². The van der Waals surface area contributed by atoms with E-state index in [0.717, 1.165) is 39.1 Å². The highest BCUT2D eigenvalue weighted by Gasteiger charge is 2.23. The van der Waals surface area contributed by atoms with Gasteiger partial charge in [-0.05, 0) is 44.0 Å². The van der Waals surface area contributed by atoms with Crippen molar-refractivity contribution in [3.05, 3.63) is 60.2 Å². The molecule has 0 saturated carbocycles. The number of hydrogen-bond acceptors (Lipinski definition) is 2. The van der Waals surface area contributed by atoms with E-state index in [1.807, 2.05) is 0 Å². The second-order valence-corrected chi connectivity index (χ2v) is 7.50. The number of fused-ring (bicyclic) bond motifs is 3. The molecule has 1 aliphatic rings. The van der Waals surface area contributed by atoms with Crippen molar-refractivity contribution in [2.75, 3.05) is 26.2 Å². The van der Waals surface area contributed by atoms with Crippen LogP contribution in [0.5, 0.6) is 0 Å². The van der Waals surface area contributed by atoms with Gasteiger partial charge in [0.05, 0.1) is 0 Å². The third-order valence-electron chi connectivity index (χ3n) is 5.63. The number of nitrogens with zero attached hydrogens (tertiary/aromatic N) is 2. The summed E-state index contributed by atoms with van der Waals surface area (Å²) in [5.74, 6) is 0. The zero-order chi connectivity index (χ0) is 18.1. The predicted molar refractivity (Wildman–Crippen MR) is 112 cm³/mol. The first kappa shape index (κ1) is 17.3. The zero-order valence-corrected chi connectivity index (χ0v) is 16.0. The summed E-state index contributed by atoms with van der Waals surface area (Å²) in [4.78, 5) is 2.62. The molecule has 0 amide bonds. The quantitative estimate of drug-likeness (QED) is 0.674. The largest absolute Gasteiger partial charge is 0.341 e. The molecule has 1 N–H and O–H groups in total. The van der Waals surface area contributed by atoms with Crippen LogP contribution in [0.4, 0.5) is 0 Å². The Hall–Kier alpha value is -2.10. The fourth-order valence-corrected chi connectivity index (χ4v) is 4.40. The minimum atomic E-state index is 0.419. The van der Waals surface area contributed by atoms with Crippen LogP contribution < -0.4 is 5.32 Å². The van der Waals surface area contributed by atoms with Crippen molar-refractivity contribution in [1.82, 2.24) is 14.8 Å². The van der Waals surface area contributed by atoms with Gasteiger partial charge in [0.25, 0.3) is 0 Å². The highest BCUT2D eigenvalue weighted by Crippen LogP contribution is 2.34. The Balaban J connectivity index is 1.84. The van der Waals surface area contributed by atoms with Gasteiger partial charge in [-0.3, -0.25) is 4.90 Å². The number of nitrogens with one attached hydrogen (secondary N) is 1. The van der Waals surface area contributed by atoms with Gasteiger partial charge in [0.2, 0.25) is 0 Å². The van der Waals surface area contributed by atoms with Crippen LogP contribution in [-0.2, 0) is 6.54 Å². The maximum absolute atomic E-state index is 4.20. The van der Waals surface area contributed by atoms with Gasteiger partial charge in [0, 0.05) is 60.6 Å². The van der Waals surface area contributed by atoms with Crippen LogP contribution in [-0.4, -0.2) is 35.6 Å². The van der Waals surface area contributed by atoms with Crippen LogP contribution in [0.3, 0.4) is 0 Å². The molecule has 1 saturated heterocycles. The summed E-state index contributed by atoms with van der Waals surface area (Å²) in [5.41, 5.74) is 5.35. The van der Waals surface area contributed by atoms with E-state index in [1.54, 1.807) is 0 Å². The Morgan fingerprint density at radius 1 is 1.08 bits per heavy atom. The molecule has 0 radical (unpaired) electrons. The molecule has 3 nitrogen and oxygen atoms in total. The van der Waals surface area contributed by atoms with E-state index in [2.05, 4.69) is 77.7 Å². The van der Waals surface area contributed by atoms with Gasteiger partial charge in [-0.25, -0.2) is 0 Å². The highest BCUT2D eigenvalue weighted by molar-refractivity contribution is 6.08. The number of aryl methyl sites for hydroxylation is 1. The molecule has 1 aromatic heterocycles. The Kier molecular flexibility index (Phi) is 4.84. The van der Waals surface area contributed by atoms with Crippen molar-refractivity contribution in [1.29, 1.82) is 0 Å². The molecule has 0 bridgehead atoms. The van der Waals surface area contributed by atoms with Crippen molar-refractivity contribution >= 4 is 21.8 Å². The normalized spacial score (nSPS) is 17.0. The van der Waals surface area contributed by atoms with Gasteiger partial charge < -0.3 is 9.88 Å². The van der Waals surface area contributed by atoms with E-state index in [-0.39, 0.29) is 0 Å². The molecule has 1 atom stereocenters. The summed E-state index contributed by atoms with van der Waals surface area (Å²) >= 11 is 0. The third kappa shape index (κ3) is 3.06. The Bertz CT molecular complexity index is 931. The van der Waals surface area contributed by atoms with Crippen LogP contribution in [0.15, 0.2) is 54.6 Å². The molecule has 3 aromatic rings. The Morgan fingerprint density at radius 3 is 2.54 bits per heavy atom. The van der Waals surface area contributed by atoms with Crippen molar-refractivity contribution in [3.63, 3.8) is 0 Å². The van der Waals surface area contributed by atoms with Crippen molar-refractivity contribution < 1.29 is 0 Å². The van der Waals surface area contributed by atoms with Gasteiger partial charge >= 0.3 is 0 Å². The second-order valence-electron chi connectivity index (χ2n) is 7.50. The molecule has 4 rings (SSSR count). The number of aromatic nitrogens is 1. The highest BCUT2D eigenvalue weighted by atomic mass is 15.2. The van der Waals surface area contributed by atoms with Crippen molar-refractivity contribution in [2.24, 2.45) is 0 Å². The summed E-state index contributed by atoms with van der Waals surface area (Å²) in [6.45, 7) is 13.9. The van der Waals surface area contributed by atoms with Gasteiger partial charge in [-0.2, -0.15) is 0 Å². The fourth-order valence-electron chi connectivity index (χ4n) is 4.40. The third-order valence-corrected chi connectivity index (χ3v) is 5.63. The van der Waals surface area contributed by atoms with Crippen LogP contribution in [0.25, 0.3) is 21.8 Å². The first-order valence-corrected chi connectivity index (χ1v) is 9.79. The van der Waals surface area contributed by atoms with Crippen LogP contribution in [0.1, 0.15) is 31.9 Å². The van der Waals surface area contributed by atoms with E-state index in [9.17, 15) is 0 Å². The Morgan fingerprint density at radius 2 is 1.81 bits per heavy atom. The van der Waals surface area contributed by atoms with E-state index >= 15 is 0 Å². The lowest BCUT2D eigenvalue weighted by Crippen LogP contribution is -2.45. The SMILES string of the molecule is C=C(C)C[C@@H](c1ccc2c(c1)c1ccccc1n2CC)N1CCNCC1. The van der Waals surface area contributed by atoms with Gasteiger partial charge in [0.15, 0.2) is 0 Å². The minimum Gasteiger partial charge on any atom is -0.341 e. The summed E-state index contributed by atoms with van der Waals surface area (Å²) in [7, 11) is 0. The summed E-state index contributed by atoms with van der Waals surface area (Å²) in [6.07, 6.45) is 1.03. The lowest BCUT2D eigenvalue weighted by atomic mass is 9.96. The molecule has 0 spiro atoms. The van der Waals surface area contributed by atoms with E-state index in [1.165, 1.54) is 32.9 Å². The molecule has 0 unspecified atom stereocenters. The molecule has 26 heavy (non-hydrogen) atoms. The smallest absolute Gasteiger partial charge is 0.0491 e. The number of benzene rings is 2. The Labute approximate surface area is 156 Å². The molecule has 3 heteroatoms. The lowest BCUT2D eigenvalue weighted by Gasteiger charge is -2.35. The summed E-state index contributed by atoms with van der Waals surface area (Å²) in [6, 6.07) is 16.3. The molecule has 0 aliphatic carbocycles. The zero-order valence-electron chi connectivity index (χ0n) is 16.0. The number of para-hydroxylation sites is 1. The standard InChI is InChI=1S/C23H29N3/c1-4-26-21-8-6-5-7-19(21)20-16-18(9-10-22(20)26)23(15-17(2)3)25-13-11-24-12-14-25/h5-10,16,23-24H,2,4,11-15H2,1,3H3/t23-/m0/s1. The van der Waals surface area contributed by atoms with Crippen LogP contribution in [0.2, 0.25) is 0 Å². The molecular weight excluding hydrogens is 318 g/mol. The molecule has 2 heterocycles. The minimum absolute atomic E-state index is 0.419. The van der Waals surface area contributed by atoms with E-state index in [4.69, 9.17) is 0 Å². The maximum Gasteiger partial charge on any atom is 0.0491 e. The predicted octanol–water partition coefficient (Wildman–Crippen LogP) is 4.73. The van der Waals surface area contributed by atoms with Gasteiger partial charge in [0.1, 0.15) is 0 Å². The van der Waals surface area contributed by atoms with Crippen molar-refractivity contribution in [3.8, 4) is 0 Å². The monoisotopic (exact) mass is 347 g/mol. The van der Waals surface area contributed by atoms with E-state index in [0.29, 0.717) is 6.04 Å². The topological polar surface area (TPSA) is 20.2 Å². The number of piperazine rings is 1. The maximum atomic E-state index is 4.20. The van der Waals surface area contributed by atoms with E-state index < -0.39 is 0 Å². The first-order valence-electron chi connectivity index (χ1n) is 9.79. The number of rotatable bonds is 5. The van der Waals surface area contributed by atoms with Crippen LogP contribution >= 0.6 is 0 Å². The first-order chi connectivity index (χ1) is 12.7. The lowest BCUT2D eigenvalue weighted by molar-refractivity contribution is 0.172. The molecule has 1 fully saturated rings. The average molecular weight is 348 g/mol. The van der Waals surface area contributed by atoms with Gasteiger partial charge in [-0.15, -0.1) is 6.58 Å². The molecular formula is C23H29N3. The van der Waals surface area contributed by atoms with Crippen LogP contribution in [0, 0.1) is 0 Å².